The Bertz CT molecular complexity index is 937. The van der Waals surface area contributed by atoms with Crippen molar-refractivity contribution in [3.63, 3.8) is 0 Å². The minimum Gasteiger partial charge on any atom is -0.363 e. The van der Waals surface area contributed by atoms with E-state index in [4.69, 9.17) is 5.73 Å². The van der Waals surface area contributed by atoms with Gasteiger partial charge in [-0.05, 0) is 24.5 Å². The summed E-state index contributed by atoms with van der Waals surface area (Å²) in [5.74, 6) is -1.14. The quantitative estimate of drug-likeness (QED) is 0.580. The number of fused-ring (bicyclic) bond motifs is 1. The van der Waals surface area contributed by atoms with Crippen molar-refractivity contribution in [1.82, 2.24) is 4.57 Å². The Morgan fingerprint density at radius 1 is 1.00 bits per heavy atom. The standard InChI is InChI=1S/C20H18N2O2/c21-20(24)19(23)17-15-8-4-5-9-16(15)22(18(17)14-10-11-14)12-13-6-2-1-3-7-13/h1-9,14H,10-12H2,(H2,21,24). The van der Waals surface area contributed by atoms with Crippen LogP contribution in [0.2, 0.25) is 0 Å². The van der Waals surface area contributed by atoms with E-state index in [0.717, 1.165) is 29.4 Å². The van der Waals surface area contributed by atoms with Crippen LogP contribution in [0.4, 0.5) is 0 Å². The van der Waals surface area contributed by atoms with Crippen molar-refractivity contribution in [3.05, 3.63) is 71.4 Å². The molecule has 1 heterocycles. The van der Waals surface area contributed by atoms with E-state index in [1.165, 1.54) is 5.56 Å². The number of amides is 1. The first-order valence-electron chi connectivity index (χ1n) is 8.16. The molecule has 1 saturated carbocycles. The minimum absolute atomic E-state index is 0.333. The number of nitrogens with zero attached hydrogens (tertiary/aromatic N) is 1. The number of aromatic nitrogens is 1. The van der Waals surface area contributed by atoms with Crippen LogP contribution < -0.4 is 5.73 Å². The SMILES string of the molecule is NC(=O)C(=O)c1c(C2CC2)n(Cc2ccccc2)c2ccccc12. The Labute approximate surface area is 139 Å². The summed E-state index contributed by atoms with van der Waals surface area (Å²) in [5.41, 5.74) is 8.92. The van der Waals surface area contributed by atoms with Crippen LogP contribution in [0.25, 0.3) is 10.9 Å². The molecule has 1 aromatic heterocycles. The van der Waals surface area contributed by atoms with Crippen LogP contribution in [-0.4, -0.2) is 16.3 Å². The molecule has 3 aromatic rings. The fraction of sp³-hybridized carbons (Fsp3) is 0.200. The van der Waals surface area contributed by atoms with Gasteiger partial charge in [0.05, 0.1) is 5.56 Å². The van der Waals surface area contributed by atoms with Crippen molar-refractivity contribution in [3.8, 4) is 0 Å². The van der Waals surface area contributed by atoms with E-state index in [-0.39, 0.29) is 0 Å². The zero-order chi connectivity index (χ0) is 16.7. The molecule has 24 heavy (non-hydrogen) atoms. The number of nitrogens with two attached hydrogens (primary N) is 1. The minimum atomic E-state index is -0.889. The van der Waals surface area contributed by atoms with E-state index in [2.05, 4.69) is 16.7 Å². The lowest BCUT2D eigenvalue weighted by Gasteiger charge is -2.11. The van der Waals surface area contributed by atoms with Gasteiger partial charge in [0.25, 0.3) is 11.7 Å². The summed E-state index contributed by atoms with van der Waals surface area (Å²) in [6.07, 6.45) is 2.09. The van der Waals surface area contributed by atoms with Gasteiger partial charge in [-0.2, -0.15) is 0 Å². The van der Waals surface area contributed by atoms with Gasteiger partial charge in [0.2, 0.25) is 0 Å². The molecule has 1 fully saturated rings. The largest absolute Gasteiger partial charge is 0.363 e. The smallest absolute Gasteiger partial charge is 0.289 e. The van der Waals surface area contributed by atoms with E-state index >= 15 is 0 Å². The lowest BCUT2D eigenvalue weighted by molar-refractivity contribution is -0.114. The maximum Gasteiger partial charge on any atom is 0.289 e. The number of ketones is 1. The summed E-state index contributed by atoms with van der Waals surface area (Å²) in [7, 11) is 0. The lowest BCUT2D eigenvalue weighted by atomic mass is 10.0. The van der Waals surface area contributed by atoms with Crippen LogP contribution in [0.3, 0.4) is 0 Å². The first kappa shape index (κ1) is 14.7. The maximum absolute atomic E-state index is 12.5. The predicted molar refractivity (Wildman–Crippen MR) is 93.0 cm³/mol. The van der Waals surface area contributed by atoms with Crippen LogP contribution in [0.15, 0.2) is 54.6 Å². The summed E-state index contributed by atoms with van der Waals surface area (Å²) >= 11 is 0. The molecular weight excluding hydrogens is 300 g/mol. The van der Waals surface area contributed by atoms with Crippen molar-refractivity contribution in [1.29, 1.82) is 0 Å². The number of rotatable bonds is 5. The topological polar surface area (TPSA) is 65.1 Å². The van der Waals surface area contributed by atoms with E-state index in [9.17, 15) is 9.59 Å². The molecule has 4 rings (SSSR count). The third kappa shape index (κ3) is 2.40. The Balaban J connectivity index is 1.96. The van der Waals surface area contributed by atoms with Crippen molar-refractivity contribution in [2.24, 2.45) is 5.73 Å². The van der Waals surface area contributed by atoms with Gasteiger partial charge in [-0.25, -0.2) is 0 Å². The van der Waals surface area contributed by atoms with Crippen LogP contribution >= 0.6 is 0 Å². The average Bonchev–Trinajstić information content (AvgIpc) is 3.39. The molecule has 0 bridgehead atoms. The number of para-hydroxylation sites is 1. The normalized spacial score (nSPS) is 14.0. The highest BCUT2D eigenvalue weighted by molar-refractivity contribution is 6.45. The zero-order valence-corrected chi connectivity index (χ0v) is 13.2. The van der Waals surface area contributed by atoms with Gasteiger partial charge in [-0.1, -0.05) is 48.5 Å². The molecule has 4 nitrogen and oxygen atoms in total. The van der Waals surface area contributed by atoms with Gasteiger partial charge in [-0.3, -0.25) is 9.59 Å². The molecule has 120 valence electrons. The van der Waals surface area contributed by atoms with Crippen molar-refractivity contribution in [2.75, 3.05) is 0 Å². The van der Waals surface area contributed by atoms with E-state index in [0.29, 0.717) is 18.0 Å². The monoisotopic (exact) mass is 318 g/mol. The molecule has 1 amide bonds. The molecule has 0 unspecified atom stereocenters. The molecule has 0 saturated heterocycles. The third-order valence-corrected chi connectivity index (χ3v) is 4.61. The number of primary amides is 1. The number of carbonyl (C=O) groups excluding carboxylic acids is 2. The second-order valence-electron chi connectivity index (χ2n) is 6.32. The molecule has 2 aromatic carbocycles. The number of benzene rings is 2. The number of Topliss-reactive ketones (excluding diaryl/α,β-unsaturated/α-hetero) is 1. The van der Waals surface area contributed by atoms with Gasteiger partial charge in [-0.15, -0.1) is 0 Å². The molecule has 0 atom stereocenters. The molecule has 4 heteroatoms. The molecule has 0 radical (unpaired) electrons. The zero-order valence-electron chi connectivity index (χ0n) is 13.2. The van der Waals surface area contributed by atoms with Crippen LogP contribution in [0.5, 0.6) is 0 Å². The number of hydrogen-bond donors (Lipinski definition) is 1. The number of carbonyl (C=O) groups is 2. The molecule has 1 aliphatic rings. The fourth-order valence-electron chi connectivity index (χ4n) is 3.40. The molecule has 2 N–H and O–H groups in total. The second-order valence-corrected chi connectivity index (χ2v) is 6.32. The Kier molecular flexibility index (Phi) is 3.45. The highest BCUT2D eigenvalue weighted by atomic mass is 16.2. The van der Waals surface area contributed by atoms with Crippen LogP contribution in [0.1, 0.15) is 40.4 Å². The predicted octanol–water partition coefficient (Wildman–Crippen LogP) is 3.24. The average molecular weight is 318 g/mol. The van der Waals surface area contributed by atoms with E-state index < -0.39 is 11.7 Å². The van der Waals surface area contributed by atoms with Gasteiger partial charge in [0.1, 0.15) is 0 Å². The highest BCUT2D eigenvalue weighted by Crippen LogP contribution is 2.45. The molecular formula is C20H18N2O2. The van der Waals surface area contributed by atoms with Crippen molar-refractivity contribution in [2.45, 2.75) is 25.3 Å². The second kappa shape index (κ2) is 5.64. The first-order chi connectivity index (χ1) is 11.7. The Hall–Kier alpha value is -2.88. The van der Waals surface area contributed by atoms with Gasteiger partial charge < -0.3 is 10.3 Å². The maximum atomic E-state index is 12.5. The summed E-state index contributed by atoms with van der Waals surface area (Å²) in [5, 5.41) is 0.819. The first-order valence-corrected chi connectivity index (χ1v) is 8.16. The summed E-state index contributed by atoms with van der Waals surface area (Å²) in [6.45, 7) is 0.680. The van der Waals surface area contributed by atoms with Crippen LogP contribution in [-0.2, 0) is 11.3 Å². The molecule has 0 aliphatic heterocycles. The fourth-order valence-corrected chi connectivity index (χ4v) is 3.40. The Morgan fingerprint density at radius 2 is 1.67 bits per heavy atom. The van der Waals surface area contributed by atoms with Crippen molar-refractivity contribution >= 4 is 22.6 Å². The third-order valence-electron chi connectivity index (χ3n) is 4.61. The van der Waals surface area contributed by atoms with Crippen LogP contribution in [0, 0.1) is 0 Å². The molecule has 0 spiro atoms. The van der Waals surface area contributed by atoms with E-state index in [1.54, 1.807) is 0 Å². The lowest BCUT2D eigenvalue weighted by Crippen LogP contribution is -2.24. The van der Waals surface area contributed by atoms with Gasteiger partial charge in [0, 0.05) is 29.1 Å². The Morgan fingerprint density at radius 3 is 2.33 bits per heavy atom. The highest BCUT2D eigenvalue weighted by Gasteiger charge is 2.35. The number of hydrogen-bond acceptors (Lipinski definition) is 2. The molecule has 1 aliphatic carbocycles. The summed E-state index contributed by atoms with van der Waals surface area (Å²) < 4.78 is 2.18. The summed E-state index contributed by atoms with van der Waals surface area (Å²) in [4.78, 5) is 24.1. The van der Waals surface area contributed by atoms with Gasteiger partial charge in [0.15, 0.2) is 0 Å². The van der Waals surface area contributed by atoms with E-state index in [1.807, 2.05) is 42.5 Å². The van der Waals surface area contributed by atoms with Gasteiger partial charge >= 0.3 is 0 Å². The summed E-state index contributed by atoms with van der Waals surface area (Å²) in [6, 6.07) is 17.9. The van der Waals surface area contributed by atoms with Crippen molar-refractivity contribution < 1.29 is 9.59 Å².